The third kappa shape index (κ3) is 5.44. The molecule has 8 heteroatoms. The molecule has 0 aliphatic heterocycles. The number of hydrogen-bond donors (Lipinski definition) is 1. The highest BCUT2D eigenvalue weighted by Crippen LogP contribution is 2.35. The van der Waals surface area contributed by atoms with E-state index in [2.05, 4.69) is 58.3 Å². The first-order valence-corrected chi connectivity index (χ1v) is 11.6. The van der Waals surface area contributed by atoms with E-state index in [4.69, 9.17) is 9.15 Å². The van der Waals surface area contributed by atoms with Crippen molar-refractivity contribution in [3.8, 4) is 5.75 Å². The van der Waals surface area contributed by atoms with E-state index in [1.165, 1.54) is 0 Å². The summed E-state index contributed by atoms with van der Waals surface area (Å²) in [5.41, 5.74) is 4.97. The fraction of sp³-hybridized carbons (Fsp3) is 0.0435. The lowest BCUT2D eigenvalue weighted by atomic mass is 10.2. The summed E-state index contributed by atoms with van der Waals surface area (Å²) in [6.07, 6.45) is 1.55. The fourth-order valence-corrected chi connectivity index (χ4v) is 4.56. The Hall–Kier alpha value is -2.42. The maximum atomic E-state index is 12.3. The molecule has 0 unspecified atom stereocenters. The molecule has 0 fully saturated rings. The maximum absolute atomic E-state index is 12.3. The van der Waals surface area contributed by atoms with Gasteiger partial charge in [-0.25, -0.2) is 5.43 Å². The molecule has 4 aromatic rings. The highest BCUT2D eigenvalue weighted by Gasteiger charge is 2.12. The molecule has 4 rings (SSSR count). The molecule has 0 aliphatic rings. The van der Waals surface area contributed by atoms with E-state index in [1.54, 1.807) is 12.3 Å². The number of hydrogen-bond acceptors (Lipinski definition) is 4. The van der Waals surface area contributed by atoms with Crippen LogP contribution in [0.25, 0.3) is 11.0 Å². The van der Waals surface area contributed by atoms with Crippen molar-refractivity contribution in [1.29, 1.82) is 0 Å². The first kappa shape index (κ1) is 21.8. The van der Waals surface area contributed by atoms with E-state index in [-0.39, 0.29) is 5.76 Å². The van der Waals surface area contributed by atoms with Crippen molar-refractivity contribution >= 4 is 70.9 Å². The second kappa shape index (κ2) is 9.80. The second-order valence-electron chi connectivity index (χ2n) is 6.58. The van der Waals surface area contributed by atoms with Gasteiger partial charge in [-0.2, -0.15) is 5.10 Å². The van der Waals surface area contributed by atoms with Gasteiger partial charge < -0.3 is 9.15 Å². The smallest absolute Gasteiger partial charge is 0.307 e. The van der Waals surface area contributed by atoms with Gasteiger partial charge in [0.05, 0.1) is 15.2 Å². The standard InChI is InChI=1S/C23H15Br3N2O3/c24-17-7-5-14(6-8-17)13-30-22-18(25)9-15(10-19(22)26)12-27-28-23(29)21-11-16-3-1-2-4-20(16)31-21/h1-12H,13H2,(H,28,29)/b27-12+. The Morgan fingerprint density at radius 1 is 1.00 bits per heavy atom. The van der Waals surface area contributed by atoms with Crippen LogP contribution < -0.4 is 10.2 Å². The fourth-order valence-electron chi connectivity index (χ4n) is 2.84. The summed E-state index contributed by atoms with van der Waals surface area (Å²) in [7, 11) is 0. The van der Waals surface area contributed by atoms with E-state index in [1.807, 2.05) is 60.7 Å². The molecule has 0 atom stereocenters. The Morgan fingerprint density at radius 2 is 1.71 bits per heavy atom. The van der Waals surface area contributed by atoms with Gasteiger partial charge in [0.15, 0.2) is 5.76 Å². The van der Waals surface area contributed by atoms with Crippen LogP contribution >= 0.6 is 47.8 Å². The van der Waals surface area contributed by atoms with Crippen LogP contribution in [0.2, 0.25) is 0 Å². The molecule has 0 spiro atoms. The minimum Gasteiger partial charge on any atom is -0.487 e. The van der Waals surface area contributed by atoms with Crippen LogP contribution in [0.5, 0.6) is 5.75 Å². The Labute approximate surface area is 203 Å². The van der Waals surface area contributed by atoms with Gasteiger partial charge in [-0.3, -0.25) is 4.79 Å². The second-order valence-corrected chi connectivity index (χ2v) is 9.20. The minimum atomic E-state index is -0.417. The Kier molecular flexibility index (Phi) is 6.89. The van der Waals surface area contributed by atoms with Crippen LogP contribution in [-0.2, 0) is 6.61 Å². The summed E-state index contributed by atoms with van der Waals surface area (Å²) in [4.78, 5) is 12.3. The topological polar surface area (TPSA) is 63.8 Å². The minimum absolute atomic E-state index is 0.206. The molecule has 156 valence electrons. The van der Waals surface area contributed by atoms with Crippen LogP contribution in [0.1, 0.15) is 21.7 Å². The van der Waals surface area contributed by atoms with Crippen molar-refractivity contribution in [2.75, 3.05) is 0 Å². The number of amides is 1. The molecule has 0 saturated heterocycles. The predicted octanol–water partition coefficient (Wildman–Crippen LogP) is 7.06. The summed E-state index contributed by atoms with van der Waals surface area (Å²) < 4.78 is 14.0. The largest absolute Gasteiger partial charge is 0.487 e. The number of carbonyl (C=O) groups excluding carboxylic acids is 1. The zero-order valence-electron chi connectivity index (χ0n) is 15.9. The Balaban J connectivity index is 1.40. The maximum Gasteiger partial charge on any atom is 0.307 e. The third-order valence-electron chi connectivity index (χ3n) is 4.35. The summed E-state index contributed by atoms with van der Waals surface area (Å²) in [5.74, 6) is 0.476. The Morgan fingerprint density at radius 3 is 2.42 bits per heavy atom. The summed E-state index contributed by atoms with van der Waals surface area (Å²) >= 11 is 10.5. The number of benzene rings is 3. The predicted molar refractivity (Wildman–Crippen MR) is 132 cm³/mol. The molecule has 1 amide bonds. The lowest BCUT2D eigenvalue weighted by Crippen LogP contribution is -2.16. The first-order chi connectivity index (χ1) is 15.0. The molecular weight excluding hydrogens is 592 g/mol. The third-order valence-corrected chi connectivity index (χ3v) is 6.05. The number of nitrogens with one attached hydrogen (secondary N) is 1. The first-order valence-electron chi connectivity index (χ1n) is 9.18. The number of hydrazone groups is 1. The lowest BCUT2D eigenvalue weighted by Gasteiger charge is -2.11. The van der Waals surface area contributed by atoms with Crippen LogP contribution in [0, 0.1) is 0 Å². The molecule has 1 heterocycles. The molecule has 31 heavy (non-hydrogen) atoms. The van der Waals surface area contributed by atoms with Gasteiger partial charge in [0.25, 0.3) is 0 Å². The number of para-hydroxylation sites is 1. The Bertz CT molecular complexity index is 1210. The highest BCUT2D eigenvalue weighted by molar-refractivity contribution is 9.11. The van der Waals surface area contributed by atoms with Gasteiger partial charge in [-0.1, -0.05) is 46.3 Å². The number of rotatable bonds is 6. The van der Waals surface area contributed by atoms with Gasteiger partial charge in [0.1, 0.15) is 17.9 Å². The summed E-state index contributed by atoms with van der Waals surface area (Å²) in [5, 5.41) is 4.89. The van der Waals surface area contributed by atoms with Gasteiger partial charge in [0.2, 0.25) is 0 Å². The van der Waals surface area contributed by atoms with Crippen molar-refractivity contribution < 1.29 is 13.9 Å². The van der Waals surface area contributed by atoms with E-state index >= 15 is 0 Å². The summed E-state index contributed by atoms with van der Waals surface area (Å²) in [6.45, 7) is 0.436. The van der Waals surface area contributed by atoms with E-state index in [9.17, 15) is 4.79 Å². The quantitative estimate of drug-likeness (QED) is 0.189. The zero-order valence-corrected chi connectivity index (χ0v) is 20.7. The SMILES string of the molecule is O=C(N/N=C/c1cc(Br)c(OCc2ccc(Br)cc2)c(Br)c1)c1cc2ccccc2o1. The summed E-state index contributed by atoms with van der Waals surface area (Å²) in [6, 6.07) is 20.8. The number of furan rings is 1. The normalized spacial score (nSPS) is 11.2. The van der Waals surface area contributed by atoms with Gasteiger partial charge >= 0.3 is 5.91 Å². The zero-order chi connectivity index (χ0) is 21.8. The molecule has 0 bridgehead atoms. The van der Waals surface area contributed by atoms with Crippen molar-refractivity contribution in [3.63, 3.8) is 0 Å². The highest BCUT2D eigenvalue weighted by atomic mass is 79.9. The molecule has 0 saturated carbocycles. The monoisotopic (exact) mass is 604 g/mol. The average Bonchev–Trinajstić information content (AvgIpc) is 3.19. The molecule has 0 radical (unpaired) electrons. The van der Waals surface area contributed by atoms with Crippen molar-refractivity contribution in [2.24, 2.45) is 5.10 Å². The lowest BCUT2D eigenvalue weighted by molar-refractivity contribution is 0.0929. The molecule has 5 nitrogen and oxygen atoms in total. The van der Waals surface area contributed by atoms with Gasteiger partial charge in [0, 0.05) is 9.86 Å². The van der Waals surface area contributed by atoms with Crippen molar-refractivity contribution in [2.45, 2.75) is 6.61 Å². The number of carbonyl (C=O) groups is 1. The van der Waals surface area contributed by atoms with Crippen LogP contribution in [0.3, 0.4) is 0 Å². The molecular formula is C23H15Br3N2O3. The van der Waals surface area contributed by atoms with Crippen molar-refractivity contribution in [1.82, 2.24) is 5.43 Å². The van der Waals surface area contributed by atoms with E-state index in [0.717, 1.165) is 29.9 Å². The molecule has 1 N–H and O–H groups in total. The van der Waals surface area contributed by atoms with Gasteiger partial charge in [-0.15, -0.1) is 0 Å². The van der Waals surface area contributed by atoms with E-state index < -0.39 is 5.91 Å². The molecule has 0 aliphatic carbocycles. The average molecular weight is 607 g/mol. The number of fused-ring (bicyclic) bond motifs is 1. The number of halogens is 3. The number of ether oxygens (including phenoxy) is 1. The van der Waals surface area contributed by atoms with E-state index in [0.29, 0.717) is 17.9 Å². The van der Waals surface area contributed by atoms with Crippen molar-refractivity contribution in [3.05, 3.63) is 97.0 Å². The van der Waals surface area contributed by atoms with Gasteiger partial charge in [-0.05, 0) is 79.4 Å². The van der Waals surface area contributed by atoms with Crippen LogP contribution in [-0.4, -0.2) is 12.1 Å². The van der Waals surface area contributed by atoms with Crippen LogP contribution in [0.15, 0.2) is 89.7 Å². The van der Waals surface area contributed by atoms with Crippen LogP contribution in [0.4, 0.5) is 0 Å². The number of nitrogens with zero attached hydrogens (tertiary/aromatic N) is 1. The molecule has 1 aromatic heterocycles. The molecule has 3 aromatic carbocycles.